The van der Waals surface area contributed by atoms with Gasteiger partial charge in [0.1, 0.15) is 5.75 Å². The lowest BCUT2D eigenvalue weighted by atomic mass is 9.99. The molecule has 0 aliphatic carbocycles. The average Bonchev–Trinajstić information content (AvgIpc) is 2.39. The second-order valence-electron chi connectivity index (χ2n) is 4.64. The van der Waals surface area contributed by atoms with Crippen molar-refractivity contribution < 1.29 is 18.3 Å². The number of rotatable bonds is 0. The average molecular weight is 347 g/mol. The Morgan fingerprint density at radius 2 is 1.45 bits per heavy atom. The quantitative estimate of drug-likeness (QED) is 0.451. The summed E-state index contributed by atoms with van der Waals surface area (Å²) in [4.78, 5) is 0. The zero-order valence-electron chi connectivity index (χ0n) is 10.3. The molecular formula is C16H11Cl2F3O. The molecule has 0 aromatic heterocycles. The molecule has 0 aliphatic rings. The van der Waals surface area contributed by atoms with Crippen LogP contribution in [0.25, 0.3) is 21.5 Å². The van der Waals surface area contributed by atoms with Gasteiger partial charge in [-0.25, -0.2) is 0 Å². The van der Waals surface area contributed by atoms with Crippen molar-refractivity contribution in [3.8, 4) is 5.75 Å². The van der Waals surface area contributed by atoms with E-state index in [-0.39, 0.29) is 23.6 Å². The van der Waals surface area contributed by atoms with Crippen LogP contribution in [0.3, 0.4) is 0 Å². The lowest BCUT2D eigenvalue weighted by molar-refractivity contribution is -0.137. The summed E-state index contributed by atoms with van der Waals surface area (Å²) in [5.41, 5.74) is -0.794. The largest absolute Gasteiger partial charge is 0.507 e. The minimum Gasteiger partial charge on any atom is -0.507 e. The number of hydrogen-bond donors (Lipinski definition) is 1. The molecule has 22 heavy (non-hydrogen) atoms. The van der Waals surface area contributed by atoms with Gasteiger partial charge in [-0.3, -0.25) is 0 Å². The van der Waals surface area contributed by atoms with Gasteiger partial charge in [0.2, 0.25) is 0 Å². The highest BCUT2D eigenvalue weighted by molar-refractivity contribution is 6.39. The van der Waals surface area contributed by atoms with Crippen molar-refractivity contribution in [3.63, 3.8) is 0 Å². The number of alkyl halides is 3. The Hall–Kier alpha value is -1.65. The van der Waals surface area contributed by atoms with Crippen LogP contribution in [-0.4, -0.2) is 5.11 Å². The third-order valence-corrected chi connectivity index (χ3v) is 3.82. The topological polar surface area (TPSA) is 20.2 Å². The summed E-state index contributed by atoms with van der Waals surface area (Å²) in [6, 6.07) is 7.59. The molecule has 0 saturated heterocycles. The Labute approximate surface area is 134 Å². The maximum absolute atomic E-state index is 12.9. The molecule has 0 bridgehead atoms. The highest BCUT2D eigenvalue weighted by atomic mass is 35.5. The standard InChI is InChI=1S/C15H7Cl2F3O.CH4/c16-8-4-11-10-3-7(15(18,19)20)1-2-9(10)14(21)6-12(11)13(17)5-8;/h1-6,21H;1H4. The van der Waals surface area contributed by atoms with Crippen LogP contribution < -0.4 is 0 Å². The van der Waals surface area contributed by atoms with Crippen LogP contribution in [0, 0.1) is 0 Å². The van der Waals surface area contributed by atoms with E-state index in [4.69, 9.17) is 23.2 Å². The van der Waals surface area contributed by atoms with Crippen LogP contribution in [0.4, 0.5) is 13.2 Å². The van der Waals surface area contributed by atoms with E-state index in [1.165, 1.54) is 24.3 Å². The Balaban J connectivity index is 0.00000176. The Kier molecular flexibility index (Phi) is 4.20. The first-order valence-electron chi connectivity index (χ1n) is 5.89. The lowest BCUT2D eigenvalue weighted by Gasteiger charge is -2.12. The molecule has 3 aromatic rings. The molecular weight excluding hydrogens is 336 g/mol. The first-order chi connectivity index (χ1) is 9.77. The molecule has 0 heterocycles. The number of phenolic OH excluding ortho intramolecular Hbond substituents is 1. The summed E-state index contributed by atoms with van der Waals surface area (Å²) in [7, 11) is 0. The van der Waals surface area contributed by atoms with E-state index in [2.05, 4.69) is 0 Å². The van der Waals surface area contributed by atoms with Gasteiger partial charge in [-0.05, 0) is 41.1 Å². The van der Waals surface area contributed by atoms with Crippen molar-refractivity contribution in [3.05, 3.63) is 52.0 Å². The molecule has 0 radical (unpaired) electrons. The number of hydrogen-bond acceptors (Lipinski definition) is 1. The fraction of sp³-hybridized carbons (Fsp3) is 0.125. The molecule has 0 aliphatic heterocycles. The number of fused-ring (bicyclic) bond motifs is 3. The van der Waals surface area contributed by atoms with Crippen LogP contribution in [0.1, 0.15) is 13.0 Å². The number of aromatic hydroxyl groups is 1. The summed E-state index contributed by atoms with van der Waals surface area (Å²) in [5, 5.41) is 12.1. The molecule has 3 rings (SSSR count). The van der Waals surface area contributed by atoms with Crippen LogP contribution >= 0.6 is 23.2 Å². The van der Waals surface area contributed by atoms with Gasteiger partial charge in [0.05, 0.1) is 10.6 Å². The third-order valence-electron chi connectivity index (χ3n) is 3.29. The molecule has 0 saturated carbocycles. The molecule has 0 atom stereocenters. The normalized spacial score (nSPS) is 11.7. The van der Waals surface area contributed by atoms with Crippen LogP contribution in [0.5, 0.6) is 5.75 Å². The molecule has 0 unspecified atom stereocenters. The Morgan fingerprint density at radius 3 is 2.09 bits per heavy atom. The van der Waals surface area contributed by atoms with Crippen molar-refractivity contribution in [1.82, 2.24) is 0 Å². The summed E-state index contributed by atoms with van der Waals surface area (Å²) in [6.45, 7) is 0. The highest BCUT2D eigenvalue weighted by Gasteiger charge is 2.30. The summed E-state index contributed by atoms with van der Waals surface area (Å²) < 4.78 is 38.6. The highest BCUT2D eigenvalue weighted by Crippen LogP contribution is 2.40. The summed E-state index contributed by atoms with van der Waals surface area (Å²) >= 11 is 12.0. The second-order valence-corrected chi connectivity index (χ2v) is 5.48. The van der Waals surface area contributed by atoms with E-state index in [0.717, 1.165) is 12.1 Å². The number of phenols is 1. The molecule has 1 N–H and O–H groups in total. The molecule has 6 heteroatoms. The predicted octanol–water partition coefficient (Wildman–Crippen LogP) is 6.66. The van der Waals surface area contributed by atoms with Crippen LogP contribution in [0.15, 0.2) is 36.4 Å². The van der Waals surface area contributed by atoms with Gasteiger partial charge in [0, 0.05) is 15.8 Å². The molecule has 116 valence electrons. The molecule has 0 amide bonds. The van der Waals surface area contributed by atoms with Gasteiger partial charge in [-0.1, -0.05) is 36.7 Å². The molecule has 0 fully saturated rings. The Bertz CT molecular complexity index is 873. The van der Waals surface area contributed by atoms with Gasteiger partial charge >= 0.3 is 6.18 Å². The van der Waals surface area contributed by atoms with Gasteiger partial charge < -0.3 is 5.11 Å². The number of halogens is 5. The summed E-state index contributed by atoms with van der Waals surface area (Å²) in [5.74, 6) is -0.129. The first kappa shape index (κ1) is 16.7. The third kappa shape index (κ3) is 2.69. The van der Waals surface area contributed by atoms with Crippen LogP contribution in [0.2, 0.25) is 10.0 Å². The first-order valence-corrected chi connectivity index (χ1v) is 6.64. The van der Waals surface area contributed by atoms with E-state index >= 15 is 0 Å². The smallest absolute Gasteiger partial charge is 0.416 e. The molecule has 1 nitrogen and oxygen atoms in total. The van der Waals surface area contributed by atoms with Gasteiger partial charge in [-0.15, -0.1) is 0 Å². The maximum atomic E-state index is 12.9. The van der Waals surface area contributed by atoms with E-state index in [0.29, 0.717) is 21.2 Å². The lowest BCUT2D eigenvalue weighted by Crippen LogP contribution is -2.04. The monoisotopic (exact) mass is 346 g/mol. The number of benzene rings is 3. The van der Waals surface area contributed by atoms with E-state index in [1.54, 1.807) is 0 Å². The van der Waals surface area contributed by atoms with Gasteiger partial charge in [0.25, 0.3) is 0 Å². The molecule has 3 aromatic carbocycles. The van der Waals surface area contributed by atoms with Gasteiger partial charge in [-0.2, -0.15) is 13.2 Å². The van der Waals surface area contributed by atoms with Crippen LogP contribution in [-0.2, 0) is 6.18 Å². The van der Waals surface area contributed by atoms with E-state index in [9.17, 15) is 18.3 Å². The maximum Gasteiger partial charge on any atom is 0.416 e. The second kappa shape index (κ2) is 5.52. The van der Waals surface area contributed by atoms with E-state index in [1.807, 2.05) is 0 Å². The minimum atomic E-state index is -4.46. The fourth-order valence-electron chi connectivity index (χ4n) is 2.34. The fourth-order valence-corrected chi connectivity index (χ4v) is 2.88. The predicted molar refractivity (Wildman–Crippen MR) is 84.9 cm³/mol. The summed E-state index contributed by atoms with van der Waals surface area (Å²) in [6.07, 6.45) is -4.46. The zero-order chi connectivity index (χ0) is 15.4. The SMILES string of the molecule is C.Oc1cc2c(Cl)cc(Cl)cc2c2cc(C(F)(F)F)ccc12. The van der Waals surface area contributed by atoms with Crippen molar-refractivity contribution >= 4 is 44.7 Å². The Morgan fingerprint density at radius 1 is 0.818 bits per heavy atom. The van der Waals surface area contributed by atoms with Crippen molar-refractivity contribution in [2.24, 2.45) is 0 Å². The zero-order valence-corrected chi connectivity index (χ0v) is 11.8. The van der Waals surface area contributed by atoms with Gasteiger partial charge in [0.15, 0.2) is 0 Å². The van der Waals surface area contributed by atoms with Crippen molar-refractivity contribution in [2.75, 3.05) is 0 Å². The molecule has 0 spiro atoms. The minimum absolute atomic E-state index is 0. The van der Waals surface area contributed by atoms with Crippen molar-refractivity contribution in [2.45, 2.75) is 13.6 Å². The van der Waals surface area contributed by atoms with Crippen molar-refractivity contribution in [1.29, 1.82) is 0 Å². The van der Waals surface area contributed by atoms with E-state index < -0.39 is 11.7 Å².